The molecule has 0 aliphatic carbocycles. The van der Waals surface area contributed by atoms with E-state index in [-0.39, 0.29) is 12.5 Å². The van der Waals surface area contributed by atoms with Crippen LogP contribution in [0.25, 0.3) is 21.2 Å². The molecule has 0 unspecified atom stereocenters. The lowest BCUT2D eigenvalue weighted by Crippen LogP contribution is -2.35. The van der Waals surface area contributed by atoms with E-state index in [1.165, 1.54) is 15.6 Å². The number of carbonyl (C=O) groups excluding carboxylic acids is 1. The highest BCUT2D eigenvalue weighted by Crippen LogP contribution is 2.41. The summed E-state index contributed by atoms with van der Waals surface area (Å²) in [5.41, 5.74) is 3.20. The predicted octanol–water partition coefficient (Wildman–Crippen LogP) is 4.58. The molecule has 3 heterocycles. The van der Waals surface area contributed by atoms with Crippen LogP contribution in [0, 0.1) is 0 Å². The van der Waals surface area contributed by atoms with Crippen LogP contribution in [0.1, 0.15) is 12.5 Å². The molecule has 0 saturated carbocycles. The van der Waals surface area contributed by atoms with E-state index in [1.807, 2.05) is 17.9 Å². The summed E-state index contributed by atoms with van der Waals surface area (Å²) in [6, 6.07) is 14.4. The second-order valence-corrected chi connectivity index (χ2v) is 8.32. The van der Waals surface area contributed by atoms with Gasteiger partial charge in [-0.3, -0.25) is 9.48 Å². The molecule has 6 nitrogen and oxygen atoms in total. The van der Waals surface area contributed by atoms with Crippen molar-refractivity contribution >= 4 is 27.3 Å². The Morgan fingerprint density at radius 1 is 1.26 bits per heavy atom. The highest BCUT2D eigenvalue weighted by Gasteiger charge is 2.24. The molecule has 2 aromatic heterocycles. The molecule has 0 bridgehead atoms. The molecule has 0 radical (unpaired) electrons. The van der Waals surface area contributed by atoms with Crippen molar-refractivity contribution in [2.75, 3.05) is 19.8 Å². The summed E-state index contributed by atoms with van der Waals surface area (Å²) in [6.45, 7) is 4.16. The molecule has 1 aliphatic rings. The average Bonchev–Trinajstić information content (AvgIpc) is 3.39. The number of rotatable bonds is 5. The number of thiophene rings is 1. The first-order chi connectivity index (χ1) is 15.2. The average molecular weight is 434 g/mol. The Bertz CT molecular complexity index is 1220. The summed E-state index contributed by atoms with van der Waals surface area (Å²) in [7, 11) is 0. The van der Waals surface area contributed by atoms with Crippen LogP contribution < -0.4 is 9.47 Å². The van der Waals surface area contributed by atoms with Crippen molar-refractivity contribution in [1.82, 2.24) is 14.7 Å². The van der Waals surface area contributed by atoms with Crippen LogP contribution in [0.2, 0.25) is 0 Å². The molecule has 4 aromatic rings. The smallest absolute Gasteiger partial charge is 0.244 e. The topological polar surface area (TPSA) is 56.6 Å². The summed E-state index contributed by atoms with van der Waals surface area (Å²) in [5, 5.41) is 7.55. The zero-order valence-corrected chi connectivity index (χ0v) is 18.1. The molecule has 158 valence electrons. The number of nitrogens with zero attached hydrogens (tertiary/aromatic N) is 3. The number of carbonyl (C=O) groups is 1. The van der Waals surface area contributed by atoms with Gasteiger partial charge in [0.15, 0.2) is 11.5 Å². The molecule has 0 fully saturated rings. The lowest BCUT2D eigenvalue weighted by Gasteiger charge is -2.20. The fourth-order valence-corrected chi connectivity index (χ4v) is 4.92. The molecular weight excluding hydrogens is 410 g/mol. The van der Waals surface area contributed by atoms with Crippen LogP contribution in [0.15, 0.2) is 60.2 Å². The highest BCUT2D eigenvalue weighted by atomic mass is 32.1. The molecule has 0 atom stereocenters. The Morgan fingerprint density at radius 2 is 2.16 bits per heavy atom. The van der Waals surface area contributed by atoms with Crippen molar-refractivity contribution < 1.29 is 14.3 Å². The molecule has 0 spiro atoms. The second-order valence-electron chi connectivity index (χ2n) is 7.41. The van der Waals surface area contributed by atoms with E-state index in [2.05, 4.69) is 46.9 Å². The SMILES string of the molecule is CCOc1cc(-c2csc3ccccc23)cc2c1OCCN(C(=O)Cn1cccn1)C2. The Labute approximate surface area is 184 Å². The number of ether oxygens (including phenoxy) is 2. The third kappa shape index (κ3) is 3.88. The maximum Gasteiger partial charge on any atom is 0.244 e. The lowest BCUT2D eigenvalue weighted by molar-refractivity contribution is -0.132. The minimum Gasteiger partial charge on any atom is -0.490 e. The number of hydrogen-bond acceptors (Lipinski definition) is 5. The quantitative estimate of drug-likeness (QED) is 0.462. The third-order valence-electron chi connectivity index (χ3n) is 5.40. The maximum absolute atomic E-state index is 12.9. The van der Waals surface area contributed by atoms with Gasteiger partial charge in [-0.25, -0.2) is 0 Å². The largest absolute Gasteiger partial charge is 0.490 e. The second kappa shape index (κ2) is 8.43. The predicted molar refractivity (Wildman–Crippen MR) is 122 cm³/mol. The third-order valence-corrected chi connectivity index (χ3v) is 6.37. The van der Waals surface area contributed by atoms with Crippen LogP contribution >= 0.6 is 11.3 Å². The molecular formula is C24H23N3O3S. The van der Waals surface area contributed by atoms with E-state index < -0.39 is 0 Å². The standard InChI is InChI=1S/C24H23N3O3S/c1-2-29-21-13-17(20-16-31-22-7-4-3-6-19(20)22)12-18-14-26(10-11-30-24(18)21)23(28)15-27-9-5-8-25-27/h3-9,12-13,16H,2,10-11,14-15H2,1H3. The molecule has 2 aromatic carbocycles. The molecule has 5 rings (SSSR count). The van der Waals surface area contributed by atoms with Crippen molar-refractivity contribution in [3.63, 3.8) is 0 Å². The van der Waals surface area contributed by atoms with Gasteiger partial charge in [0.05, 0.1) is 13.2 Å². The monoisotopic (exact) mass is 433 g/mol. The number of hydrogen-bond donors (Lipinski definition) is 0. The highest BCUT2D eigenvalue weighted by molar-refractivity contribution is 7.17. The van der Waals surface area contributed by atoms with Gasteiger partial charge < -0.3 is 14.4 Å². The van der Waals surface area contributed by atoms with Crippen molar-refractivity contribution in [2.24, 2.45) is 0 Å². The van der Waals surface area contributed by atoms with E-state index in [9.17, 15) is 4.79 Å². The summed E-state index contributed by atoms with van der Waals surface area (Å²) in [5.74, 6) is 1.48. The van der Waals surface area contributed by atoms with Gasteiger partial charge in [0.25, 0.3) is 0 Å². The summed E-state index contributed by atoms with van der Waals surface area (Å²) in [4.78, 5) is 14.7. The first kappa shape index (κ1) is 19.6. The Balaban J connectivity index is 1.52. The van der Waals surface area contributed by atoms with Gasteiger partial charge in [0.2, 0.25) is 5.91 Å². The zero-order chi connectivity index (χ0) is 21.2. The molecule has 1 amide bonds. The van der Waals surface area contributed by atoms with Gasteiger partial charge in [-0.05, 0) is 42.1 Å². The molecule has 0 saturated heterocycles. The van der Waals surface area contributed by atoms with Gasteiger partial charge in [0, 0.05) is 40.2 Å². The van der Waals surface area contributed by atoms with Gasteiger partial charge in [-0.1, -0.05) is 18.2 Å². The first-order valence-corrected chi connectivity index (χ1v) is 11.2. The van der Waals surface area contributed by atoms with E-state index in [0.717, 1.165) is 22.6 Å². The van der Waals surface area contributed by atoms with E-state index in [0.29, 0.717) is 26.3 Å². The Hall–Kier alpha value is -3.32. The number of benzene rings is 2. The number of aromatic nitrogens is 2. The minimum absolute atomic E-state index is 0.0181. The lowest BCUT2D eigenvalue weighted by atomic mass is 10.0. The molecule has 1 aliphatic heterocycles. The first-order valence-electron chi connectivity index (χ1n) is 10.4. The zero-order valence-electron chi connectivity index (χ0n) is 17.3. The minimum atomic E-state index is 0.0181. The van der Waals surface area contributed by atoms with Crippen LogP contribution in [0.4, 0.5) is 0 Å². The van der Waals surface area contributed by atoms with Crippen LogP contribution in [-0.2, 0) is 17.9 Å². The van der Waals surface area contributed by atoms with Crippen LogP contribution in [-0.4, -0.2) is 40.3 Å². The van der Waals surface area contributed by atoms with E-state index in [4.69, 9.17) is 9.47 Å². The van der Waals surface area contributed by atoms with Crippen LogP contribution in [0.3, 0.4) is 0 Å². The Kier molecular flexibility index (Phi) is 5.34. The Morgan fingerprint density at radius 3 is 3.00 bits per heavy atom. The van der Waals surface area contributed by atoms with Crippen molar-refractivity contribution in [1.29, 1.82) is 0 Å². The normalized spacial score (nSPS) is 13.5. The van der Waals surface area contributed by atoms with E-state index in [1.54, 1.807) is 28.4 Å². The fraction of sp³-hybridized carbons (Fsp3) is 0.250. The summed E-state index contributed by atoms with van der Waals surface area (Å²) >= 11 is 1.73. The fourth-order valence-electron chi connectivity index (χ4n) is 3.95. The van der Waals surface area contributed by atoms with Gasteiger partial charge in [-0.2, -0.15) is 5.10 Å². The number of fused-ring (bicyclic) bond motifs is 2. The van der Waals surface area contributed by atoms with Gasteiger partial charge >= 0.3 is 0 Å². The van der Waals surface area contributed by atoms with Crippen molar-refractivity contribution in [3.05, 3.63) is 65.8 Å². The van der Waals surface area contributed by atoms with Gasteiger partial charge in [-0.15, -0.1) is 11.3 Å². The maximum atomic E-state index is 12.9. The van der Waals surface area contributed by atoms with Crippen LogP contribution in [0.5, 0.6) is 11.5 Å². The molecule has 31 heavy (non-hydrogen) atoms. The van der Waals surface area contributed by atoms with Crippen molar-refractivity contribution in [3.8, 4) is 22.6 Å². The summed E-state index contributed by atoms with van der Waals surface area (Å²) in [6.07, 6.45) is 3.48. The summed E-state index contributed by atoms with van der Waals surface area (Å²) < 4.78 is 14.9. The van der Waals surface area contributed by atoms with E-state index >= 15 is 0 Å². The molecule has 0 N–H and O–H groups in total. The molecule has 7 heteroatoms. The number of amides is 1. The van der Waals surface area contributed by atoms with Gasteiger partial charge in [0.1, 0.15) is 13.2 Å². The van der Waals surface area contributed by atoms with Crippen molar-refractivity contribution in [2.45, 2.75) is 20.0 Å².